The van der Waals surface area contributed by atoms with Crippen LogP contribution in [0, 0.1) is 36.3 Å². The number of hydrogen-bond donors (Lipinski definition) is 5. The number of nitrogens with zero attached hydrogens (tertiary/aromatic N) is 2. The van der Waals surface area contributed by atoms with Crippen LogP contribution in [0.25, 0.3) is 0 Å². The van der Waals surface area contributed by atoms with Gasteiger partial charge >= 0.3 is 6.16 Å². The molecule has 1 heterocycles. The molecular formula is C41H51N7O11S. The van der Waals surface area contributed by atoms with Crippen molar-refractivity contribution >= 4 is 51.2 Å². The summed E-state index contributed by atoms with van der Waals surface area (Å²) in [5, 5.41) is 19.1. The van der Waals surface area contributed by atoms with E-state index in [0.29, 0.717) is 60.4 Å². The Labute approximate surface area is 348 Å². The van der Waals surface area contributed by atoms with Crippen molar-refractivity contribution in [3.05, 3.63) is 86.5 Å². The van der Waals surface area contributed by atoms with Gasteiger partial charge in [0.1, 0.15) is 35.2 Å². The average molecular weight is 850 g/mol. The van der Waals surface area contributed by atoms with Gasteiger partial charge in [0.05, 0.1) is 9.82 Å². The van der Waals surface area contributed by atoms with Crippen molar-refractivity contribution < 1.29 is 46.7 Å². The van der Waals surface area contributed by atoms with Gasteiger partial charge in [-0.2, -0.15) is 0 Å². The maximum Gasteiger partial charge on any atom is 0.514 e. The maximum absolute atomic E-state index is 13.7. The Morgan fingerprint density at radius 3 is 2.25 bits per heavy atom. The monoisotopic (exact) mass is 849 g/mol. The number of amides is 3. The predicted molar refractivity (Wildman–Crippen MR) is 221 cm³/mol. The van der Waals surface area contributed by atoms with E-state index >= 15 is 0 Å². The molecule has 1 aliphatic carbocycles. The van der Waals surface area contributed by atoms with Gasteiger partial charge in [-0.05, 0) is 114 Å². The highest BCUT2D eigenvalue weighted by atomic mass is 32.2. The quantitative estimate of drug-likeness (QED) is 0.0191. The molecule has 1 saturated carbocycles. The van der Waals surface area contributed by atoms with E-state index in [4.69, 9.17) is 19.9 Å². The zero-order valence-corrected chi connectivity index (χ0v) is 35.2. The van der Waals surface area contributed by atoms with Gasteiger partial charge in [0, 0.05) is 42.9 Å². The third kappa shape index (κ3) is 10.3. The van der Waals surface area contributed by atoms with Gasteiger partial charge in [-0.25, -0.2) is 17.9 Å². The first kappa shape index (κ1) is 44.9. The van der Waals surface area contributed by atoms with Crippen LogP contribution >= 0.6 is 0 Å². The lowest BCUT2D eigenvalue weighted by Gasteiger charge is -2.39. The van der Waals surface area contributed by atoms with Crippen LogP contribution in [0.2, 0.25) is 0 Å². The second-order valence-corrected chi connectivity index (χ2v) is 17.1. The second kappa shape index (κ2) is 18.4. The Morgan fingerprint density at radius 2 is 1.65 bits per heavy atom. The number of fused-ring (bicyclic) bond motifs is 1. The van der Waals surface area contributed by atoms with E-state index in [9.17, 15) is 37.7 Å². The molecule has 3 amide bonds. The fourth-order valence-corrected chi connectivity index (χ4v) is 8.69. The molecule has 0 bridgehead atoms. The fourth-order valence-electron chi connectivity index (χ4n) is 7.16. The zero-order valence-electron chi connectivity index (χ0n) is 34.4. The number of nitrogens with two attached hydrogens (primary N) is 1. The van der Waals surface area contributed by atoms with Crippen LogP contribution in [0.5, 0.6) is 11.5 Å². The standard InChI is InChI=1S/C41H51N7O11S/c1-7-43-36(50)41(19-9-20-41)37(51)46-32(35(49)45-28-13-11-27(12-14-28)23-57-39(52)58-30-17-15-29(16-18-30)48(53)54)10-8-21-44-38(42)47-60(55,56)34-25(3)24(2)33-31(26(34)4)22-40(5,6)59-33/h11-18,32H,7-10,19-23H2,1-6H3,(H,43,50)(H,45,49)(H,46,51)(H3,42,44,47)/t32-/m0/s1. The fraction of sp³-hybridized carbons (Fsp3) is 0.439. The Kier molecular flexibility index (Phi) is 13.7. The van der Waals surface area contributed by atoms with E-state index in [0.717, 1.165) is 11.1 Å². The molecular weight excluding hydrogens is 799 g/mol. The minimum atomic E-state index is -4.14. The summed E-state index contributed by atoms with van der Waals surface area (Å²) in [5.41, 5.74) is 7.71. The summed E-state index contributed by atoms with van der Waals surface area (Å²) < 4.78 is 46.0. The molecule has 1 fully saturated rings. The third-order valence-corrected chi connectivity index (χ3v) is 12.2. The first-order valence-electron chi connectivity index (χ1n) is 19.5. The van der Waals surface area contributed by atoms with Gasteiger partial charge in [-0.3, -0.25) is 29.5 Å². The highest BCUT2D eigenvalue weighted by molar-refractivity contribution is 7.90. The number of benzene rings is 3. The Hall–Kier alpha value is -6.24. The van der Waals surface area contributed by atoms with Crippen molar-refractivity contribution in [2.75, 3.05) is 18.4 Å². The number of non-ortho nitro benzene ring substituents is 1. The van der Waals surface area contributed by atoms with Crippen molar-refractivity contribution in [2.45, 2.75) is 103 Å². The van der Waals surface area contributed by atoms with E-state index in [-0.39, 0.29) is 48.3 Å². The number of guanidine groups is 1. The van der Waals surface area contributed by atoms with Crippen molar-refractivity contribution in [3.63, 3.8) is 0 Å². The minimum Gasteiger partial charge on any atom is -0.487 e. The van der Waals surface area contributed by atoms with Crippen molar-refractivity contribution in [1.29, 1.82) is 0 Å². The predicted octanol–water partition coefficient (Wildman–Crippen LogP) is 4.75. The highest BCUT2D eigenvalue weighted by Crippen LogP contribution is 2.44. The van der Waals surface area contributed by atoms with E-state index in [2.05, 4.69) is 25.7 Å². The van der Waals surface area contributed by atoms with Gasteiger partial charge in [0.25, 0.3) is 15.7 Å². The van der Waals surface area contributed by atoms with Gasteiger partial charge in [0.2, 0.25) is 23.7 Å². The molecule has 0 radical (unpaired) electrons. The number of hydrogen-bond acceptors (Lipinski definition) is 12. The van der Waals surface area contributed by atoms with Crippen molar-refractivity contribution in [3.8, 4) is 11.5 Å². The third-order valence-electron chi connectivity index (χ3n) is 10.6. The van der Waals surface area contributed by atoms with Crippen molar-refractivity contribution in [2.24, 2.45) is 16.1 Å². The molecule has 60 heavy (non-hydrogen) atoms. The molecule has 2 aliphatic rings. The molecule has 322 valence electrons. The lowest BCUT2D eigenvalue weighted by atomic mass is 9.67. The number of aliphatic imine (C=N–C) groups is 1. The van der Waals surface area contributed by atoms with Crippen molar-refractivity contribution in [1.82, 2.24) is 15.4 Å². The van der Waals surface area contributed by atoms with Gasteiger partial charge in [0.15, 0.2) is 0 Å². The summed E-state index contributed by atoms with van der Waals surface area (Å²) in [6.07, 6.45) is 1.11. The van der Waals surface area contributed by atoms with Crippen LogP contribution in [-0.4, -0.2) is 67.9 Å². The number of sulfonamides is 1. The minimum absolute atomic E-state index is 0.00000157. The summed E-state index contributed by atoms with van der Waals surface area (Å²) in [6.45, 7) is 11.1. The first-order valence-corrected chi connectivity index (χ1v) is 21.0. The van der Waals surface area contributed by atoms with Crippen LogP contribution in [0.3, 0.4) is 0 Å². The van der Waals surface area contributed by atoms with Gasteiger partial charge in [-0.15, -0.1) is 0 Å². The van der Waals surface area contributed by atoms with E-state index in [1.807, 2.05) is 20.8 Å². The van der Waals surface area contributed by atoms with E-state index in [1.165, 1.54) is 24.3 Å². The SMILES string of the molecule is CCNC(=O)C1(C(=O)N[C@@H](CCCN=C(N)NS(=O)(=O)c2c(C)c(C)c3c(c2C)CC(C)(C)O3)C(=O)Nc2ccc(COC(=O)Oc3ccc([N+](=O)[O-])cc3)cc2)CCC1. The first-order chi connectivity index (χ1) is 28.3. The molecule has 6 N–H and O–H groups in total. The highest BCUT2D eigenvalue weighted by Gasteiger charge is 2.51. The molecule has 5 rings (SSSR count). The summed E-state index contributed by atoms with van der Waals surface area (Å²) >= 11 is 0. The Bertz CT molecular complexity index is 2290. The van der Waals surface area contributed by atoms with Crippen LogP contribution in [0.15, 0.2) is 58.4 Å². The largest absolute Gasteiger partial charge is 0.514 e. The normalized spacial score (nSPS) is 15.6. The van der Waals surface area contributed by atoms with E-state index < -0.39 is 55.9 Å². The number of carbonyl (C=O) groups excluding carboxylic acids is 4. The number of carbonyl (C=O) groups is 4. The molecule has 19 heteroatoms. The molecule has 3 aromatic rings. The summed E-state index contributed by atoms with van der Waals surface area (Å²) in [4.78, 5) is 67.0. The maximum atomic E-state index is 13.7. The Balaban J connectivity index is 1.22. The number of rotatable bonds is 16. The average Bonchev–Trinajstić information content (AvgIpc) is 3.50. The topological polar surface area (TPSA) is 260 Å². The Morgan fingerprint density at radius 1 is 0.983 bits per heavy atom. The summed E-state index contributed by atoms with van der Waals surface area (Å²) in [5.74, 6) is -1.15. The lowest BCUT2D eigenvalue weighted by molar-refractivity contribution is -0.384. The smallest absolute Gasteiger partial charge is 0.487 e. The van der Waals surface area contributed by atoms with Crippen LogP contribution in [0.1, 0.15) is 80.7 Å². The number of nitro groups is 1. The van der Waals surface area contributed by atoms with E-state index in [1.54, 1.807) is 45.0 Å². The molecule has 3 aromatic carbocycles. The molecule has 1 aliphatic heterocycles. The molecule has 18 nitrogen and oxygen atoms in total. The summed E-state index contributed by atoms with van der Waals surface area (Å²) in [6, 6.07) is 10.1. The van der Waals surface area contributed by atoms with Crippen LogP contribution in [0.4, 0.5) is 16.2 Å². The zero-order chi connectivity index (χ0) is 44.0. The van der Waals surface area contributed by atoms with Crippen LogP contribution in [-0.2, 0) is 42.2 Å². The molecule has 0 unspecified atom stereocenters. The molecule has 0 saturated heterocycles. The molecule has 0 aromatic heterocycles. The van der Waals surface area contributed by atoms with Gasteiger partial charge < -0.3 is 35.9 Å². The lowest BCUT2D eigenvalue weighted by Crippen LogP contribution is -2.58. The van der Waals surface area contributed by atoms with Crippen LogP contribution < -0.4 is 35.9 Å². The van der Waals surface area contributed by atoms with Gasteiger partial charge in [-0.1, -0.05) is 18.6 Å². The number of nitrogens with one attached hydrogen (secondary N) is 4. The number of ether oxygens (including phenoxy) is 3. The number of anilines is 1. The second-order valence-electron chi connectivity index (χ2n) is 15.5. The molecule has 1 atom stereocenters. The molecule has 0 spiro atoms. The summed E-state index contributed by atoms with van der Waals surface area (Å²) in [7, 11) is -4.14. The number of nitro benzene ring substituents is 1.